The lowest BCUT2D eigenvalue weighted by Crippen LogP contribution is -2.10. The molecular weight excluding hydrogens is 214 g/mol. The molecule has 1 aromatic carbocycles. The lowest BCUT2D eigenvalue weighted by Gasteiger charge is -2.13. The number of para-hydroxylation sites is 1. The minimum Gasteiger partial charge on any atom is -0.465 e. The smallest absolute Gasteiger partial charge is 0.339 e. The summed E-state index contributed by atoms with van der Waals surface area (Å²) in [5.41, 5.74) is 2.59. The van der Waals surface area contributed by atoms with Crippen LogP contribution in [0.3, 0.4) is 0 Å². The van der Waals surface area contributed by atoms with Crippen molar-refractivity contribution >= 4 is 11.7 Å². The highest BCUT2D eigenvalue weighted by Gasteiger charge is 2.12. The van der Waals surface area contributed by atoms with E-state index in [4.69, 9.17) is 4.74 Å². The Bertz CT molecular complexity index is 374. The zero-order valence-corrected chi connectivity index (χ0v) is 10.9. The van der Waals surface area contributed by atoms with Gasteiger partial charge in [-0.1, -0.05) is 31.9 Å². The van der Waals surface area contributed by atoms with E-state index in [1.54, 1.807) is 6.07 Å². The molecule has 0 radical (unpaired) electrons. The first kappa shape index (κ1) is 13.6. The summed E-state index contributed by atoms with van der Waals surface area (Å²) >= 11 is 0. The number of hydrogen-bond acceptors (Lipinski definition) is 3. The zero-order chi connectivity index (χ0) is 12.7. The summed E-state index contributed by atoms with van der Waals surface area (Å²) in [5.74, 6) is -0.285. The fourth-order valence-corrected chi connectivity index (χ4v) is 1.77. The summed E-state index contributed by atoms with van der Waals surface area (Å²) in [6.07, 6.45) is 3.51. The molecule has 0 spiro atoms. The molecule has 0 fully saturated rings. The fourth-order valence-electron chi connectivity index (χ4n) is 1.77. The van der Waals surface area contributed by atoms with Gasteiger partial charge in [0.05, 0.1) is 18.4 Å². The van der Waals surface area contributed by atoms with Crippen molar-refractivity contribution in [3.8, 4) is 0 Å². The number of hydrogen-bond donors (Lipinski definition) is 1. The van der Waals surface area contributed by atoms with Crippen molar-refractivity contribution in [1.82, 2.24) is 0 Å². The normalized spacial score (nSPS) is 10.1. The molecule has 0 aliphatic rings. The fraction of sp³-hybridized carbons (Fsp3) is 0.500. The number of ether oxygens (including phenoxy) is 1. The van der Waals surface area contributed by atoms with Crippen molar-refractivity contribution in [3.05, 3.63) is 29.3 Å². The van der Waals surface area contributed by atoms with Gasteiger partial charge in [-0.25, -0.2) is 4.79 Å². The number of aryl methyl sites for hydroxylation is 1. The van der Waals surface area contributed by atoms with Crippen LogP contribution in [0.4, 0.5) is 5.69 Å². The van der Waals surface area contributed by atoms with E-state index in [2.05, 4.69) is 12.2 Å². The van der Waals surface area contributed by atoms with Gasteiger partial charge >= 0.3 is 5.97 Å². The van der Waals surface area contributed by atoms with Crippen LogP contribution in [-0.4, -0.2) is 19.6 Å². The predicted molar refractivity (Wildman–Crippen MR) is 70.5 cm³/mol. The molecule has 94 valence electrons. The molecule has 0 aliphatic heterocycles. The largest absolute Gasteiger partial charge is 0.465 e. The molecule has 17 heavy (non-hydrogen) atoms. The number of anilines is 1. The SMILES string of the molecule is CCCCCNc1c(C)cccc1C(=O)OC. The summed E-state index contributed by atoms with van der Waals surface area (Å²) in [4.78, 5) is 11.6. The van der Waals surface area contributed by atoms with Crippen LogP contribution >= 0.6 is 0 Å². The van der Waals surface area contributed by atoms with Crippen molar-refractivity contribution in [2.75, 3.05) is 19.0 Å². The third kappa shape index (κ3) is 3.77. The van der Waals surface area contributed by atoms with E-state index in [-0.39, 0.29) is 5.97 Å². The van der Waals surface area contributed by atoms with Crippen LogP contribution in [0.25, 0.3) is 0 Å². The topological polar surface area (TPSA) is 38.3 Å². The Labute approximate surface area is 103 Å². The van der Waals surface area contributed by atoms with E-state index < -0.39 is 0 Å². The van der Waals surface area contributed by atoms with Gasteiger partial charge < -0.3 is 10.1 Å². The van der Waals surface area contributed by atoms with Crippen LogP contribution < -0.4 is 5.32 Å². The molecule has 1 aromatic rings. The molecule has 0 aromatic heterocycles. The number of unbranched alkanes of at least 4 members (excludes halogenated alkanes) is 2. The van der Waals surface area contributed by atoms with Crippen molar-refractivity contribution in [2.24, 2.45) is 0 Å². The van der Waals surface area contributed by atoms with E-state index in [1.807, 2.05) is 19.1 Å². The molecule has 0 saturated carbocycles. The predicted octanol–water partition coefficient (Wildman–Crippen LogP) is 3.38. The van der Waals surface area contributed by atoms with Gasteiger partial charge in [0.15, 0.2) is 0 Å². The number of nitrogens with one attached hydrogen (secondary N) is 1. The second kappa shape index (κ2) is 6.94. The van der Waals surface area contributed by atoms with Gasteiger partial charge in [0.25, 0.3) is 0 Å². The Hall–Kier alpha value is -1.51. The first-order valence-electron chi connectivity index (χ1n) is 6.12. The summed E-state index contributed by atoms with van der Waals surface area (Å²) < 4.78 is 4.78. The van der Waals surface area contributed by atoms with Crippen molar-refractivity contribution in [3.63, 3.8) is 0 Å². The average Bonchev–Trinajstić information content (AvgIpc) is 2.35. The molecule has 0 heterocycles. The Kier molecular flexibility index (Phi) is 5.53. The lowest BCUT2D eigenvalue weighted by atomic mass is 10.1. The highest BCUT2D eigenvalue weighted by Crippen LogP contribution is 2.21. The zero-order valence-electron chi connectivity index (χ0n) is 10.9. The molecule has 1 N–H and O–H groups in total. The molecule has 1 rings (SSSR count). The van der Waals surface area contributed by atoms with Gasteiger partial charge in [-0.05, 0) is 25.0 Å². The second-order valence-electron chi connectivity index (χ2n) is 4.12. The summed E-state index contributed by atoms with van der Waals surface area (Å²) in [6, 6.07) is 5.66. The van der Waals surface area contributed by atoms with Gasteiger partial charge in [0.2, 0.25) is 0 Å². The maximum absolute atomic E-state index is 11.6. The summed E-state index contributed by atoms with van der Waals surface area (Å²) in [7, 11) is 1.41. The number of methoxy groups -OCH3 is 1. The van der Waals surface area contributed by atoms with Gasteiger partial charge in [-0.2, -0.15) is 0 Å². The third-order valence-electron chi connectivity index (χ3n) is 2.76. The number of carbonyl (C=O) groups excluding carboxylic acids is 1. The summed E-state index contributed by atoms with van der Waals surface area (Å²) in [6.45, 7) is 5.06. The minimum atomic E-state index is -0.285. The Balaban J connectivity index is 2.77. The van der Waals surface area contributed by atoms with Crippen LogP contribution in [0.2, 0.25) is 0 Å². The Morgan fingerprint density at radius 3 is 2.76 bits per heavy atom. The third-order valence-corrected chi connectivity index (χ3v) is 2.76. The Morgan fingerprint density at radius 1 is 1.35 bits per heavy atom. The van der Waals surface area contributed by atoms with Crippen molar-refractivity contribution in [2.45, 2.75) is 33.1 Å². The number of carbonyl (C=O) groups is 1. The maximum atomic E-state index is 11.6. The highest BCUT2D eigenvalue weighted by atomic mass is 16.5. The molecule has 3 nitrogen and oxygen atoms in total. The maximum Gasteiger partial charge on any atom is 0.339 e. The first-order chi connectivity index (χ1) is 8.20. The molecule has 0 unspecified atom stereocenters. The van der Waals surface area contributed by atoms with Crippen LogP contribution in [0.15, 0.2) is 18.2 Å². The molecule has 3 heteroatoms. The number of esters is 1. The molecule has 0 saturated heterocycles. The molecule has 0 bridgehead atoms. The molecule has 0 atom stereocenters. The van der Waals surface area contributed by atoms with E-state index >= 15 is 0 Å². The van der Waals surface area contributed by atoms with Crippen LogP contribution in [0.5, 0.6) is 0 Å². The Morgan fingerprint density at radius 2 is 2.12 bits per heavy atom. The number of benzene rings is 1. The monoisotopic (exact) mass is 235 g/mol. The van der Waals surface area contributed by atoms with Crippen LogP contribution in [0, 0.1) is 6.92 Å². The van der Waals surface area contributed by atoms with E-state index in [9.17, 15) is 4.79 Å². The van der Waals surface area contributed by atoms with E-state index in [0.717, 1.165) is 24.2 Å². The first-order valence-corrected chi connectivity index (χ1v) is 6.12. The van der Waals surface area contributed by atoms with Crippen molar-refractivity contribution < 1.29 is 9.53 Å². The quantitative estimate of drug-likeness (QED) is 0.606. The average molecular weight is 235 g/mol. The van der Waals surface area contributed by atoms with Gasteiger partial charge in [0.1, 0.15) is 0 Å². The standard InChI is InChI=1S/C14H21NO2/c1-4-5-6-10-15-13-11(2)8-7-9-12(13)14(16)17-3/h7-9,15H,4-6,10H2,1-3H3. The van der Waals surface area contributed by atoms with Gasteiger partial charge in [-0.3, -0.25) is 0 Å². The molecular formula is C14H21NO2. The molecule has 0 amide bonds. The van der Waals surface area contributed by atoms with Crippen LogP contribution in [-0.2, 0) is 4.74 Å². The summed E-state index contributed by atoms with van der Waals surface area (Å²) in [5, 5.41) is 3.33. The van der Waals surface area contributed by atoms with E-state index in [1.165, 1.54) is 20.0 Å². The lowest BCUT2D eigenvalue weighted by molar-refractivity contribution is 0.0601. The van der Waals surface area contributed by atoms with Crippen molar-refractivity contribution in [1.29, 1.82) is 0 Å². The van der Waals surface area contributed by atoms with Gasteiger partial charge in [0, 0.05) is 6.54 Å². The minimum absolute atomic E-state index is 0.285. The second-order valence-corrected chi connectivity index (χ2v) is 4.12. The highest BCUT2D eigenvalue weighted by molar-refractivity contribution is 5.96. The molecule has 0 aliphatic carbocycles. The van der Waals surface area contributed by atoms with Crippen LogP contribution in [0.1, 0.15) is 42.1 Å². The van der Waals surface area contributed by atoms with E-state index in [0.29, 0.717) is 5.56 Å². The number of rotatable bonds is 6. The van der Waals surface area contributed by atoms with Gasteiger partial charge in [-0.15, -0.1) is 0 Å².